The quantitative estimate of drug-likeness (QED) is 0.00493. The number of nitro groups is 4. The fraction of sp³-hybridized carbons (Fsp3) is 0.222. The number of benzene rings is 10. The van der Waals surface area contributed by atoms with E-state index in [0.717, 1.165) is 96.8 Å². The van der Waals surface area contributed by atoms with Crippen molar-refractivity contribution in [3.05, 3.63) is 285 Å². The number of sulfonamides is 4. The van der Waals surface area contributed by atoms with E-state index in [0.29, 0.717) is 56.2 Å². The number of hydrogen-bond donors (Lipinski definition) is 6. The van der Waals surface area contributed by atoms with Gasteiger partial charge in [-0.05, 0) is 256 Å². The minimum Gasteiger partial charge on any atom is -1.00 e. The van der Waals surface area contributed by atoms with Gasteiger partial charge in [0.15, 0.2) is 9.84 Å². The maximum atomic E-state index is 11.7. The molecule has 0 bridgehead atoms. The second-order valence-corrected chi connectivity index (χ2v) is 43.9. The van der Waals surface area contributed by atoms with Gasteiger partial charge in [0.2, 0.25) is 55.1 Å². The van der Waals surface area contributed by atoms with Crippen LogP contribution in [0.5, 0.6) is 0 Å². The molecule has 0 spiro atoms. The third-order valence-electron chi connectivity index (χ3n) is 16.2. The molecule has 55 heteroatoms. The Morgan fingerprint density at radius 3 is 1.15 bits per heavy atom. The van der Waals surface area contributed by atoms with Crippen LogP contribution >= 0.6 is 117 Å². The van der Waals surface area contributed by atoms with Crippen molar-refractivity contribution in [2.75, 3.05) is 121 Å². The number of nitrogens with one attached hydrogen (secondary N) is 2. The molecule has 11 rings (SSSR count). The van der Waals surface area contributed by atoms with Crippen molar-refractivity contribution in [3.8, 4) is 10.7 Å². The Kier molecular flexibility index (Phi) is 67.0. The second-order valence-electron chi connectivity index (χ2n) is 26.8. The number of rotatable bonds is 20. The fourth-order valence-electron chi connectivity index (χ4n) is 9.94. The molecule has 136 heavy (non-hydrogen) atoms. The Morgan fingerprint density at radius 2 is 0.801 bits per heavy atom. The molecule has 11 aromatic rings. The van der Waals surface area contributed by atoms with Gasteiger partial charge in [0.05, 0.1) is 113 Å². The van der Waals surface area contributed by atoms with Crippen LogP contribution in [-0.2, 0) is 74.4 Å². The van der Waals surface area contributed by atoms with Gasteiger partial charge in [-0.15, -0.1) is 0 Å². The van der Waals surface area contributed by atoms with Crippen LogP contribution in [0.1, 0.15) is 44.5 Å². The number of imidazole rings is 1. The van der Waals surface area contributed by atoms with Crippen molar-refractivity contribution >= 4 is 285 Å². The molecule has 40 nitrogen and oxygen atoms in total. The molecule has 0 amide bonds. The molecule has 0 aliphatic rings. The summed E-state index contributed by atoms with van der Waals surface area (Å²) in [6.45, 7) is 11.8. The van der Waals surface area contributed by atoms with Crippen LogP contribution in [0.3, 0.4) is 0 Å². The molecule has 0 radical (unpaired) electrons. The van der Waals surface area contributed by atoms with Crippen molar-refractivity contribution in [1.82, 2.24) is 9.55 Å². The molecule has 10 aromatic carbocycles. The van der Waals surface area contributed by atoms with Crippen LogP contribution in [0.4, 0.5) is 91.3 Å². The van der Waals surface area contributed by atoms with Crippen molar-refractivity contribution in [1.29, 1.82) is 5.26 Å². The minimum atomic E-state index is -3.49. The Labute approximate surface area is 1000 Å². The number of fused-ring (bicyclic) bond motifs is 1. The predicted molar refractivity (Wildman–Crippen MR) is 568 cm³/mol. The Morgan fingerprint density at radius 1 is 0.485 bits per heavy atom. The average Bonchev–Trinajstić information content (AvgIpc) is 1.61. The molecule has 0 aliphatic carbocycles. The van der Waals surface area contributed by atoms with E-state index in [-0.39, 0.29) is 217 Å². The van der Waals surface area contributed by atoms with Crippen LogP contribution in [0.2, 0.25) is 0 Å². The number of nitrogen functional groups attached to an aromatic ring is 4. The smallest absolute Gasteiger partial charge is 1.00 e. The maximum absolute atomic E-state index is 11.7. The molecule has 1 heterocycles. The molecule has 10 N–H and O–H groups in total. The first kappa shape index (κ1) is 137. The van der Waals surface area contributed by atoms with E-state index < -0.39 is 78.7 Å². The number of aromatic nitrogens is 2. The zero-order chi connectivity index (χ0) is 103. The van der Waals surface area contributed by atoms with Crippen LogP contribution in [0.25, 0.3) is 16.7 Å². The number of nitro benzene ring substituents is 4. The summed E-state index contributed by atoms with van der Waals surface area (Å²) in [5.74, 6) is 0.190. The molecule has 0 atom stereocenters. The SMILES string of the molecule is CC.CI.CN(c1ccc(I)c([N+](=O)[O-])c1)S(C)(=O)=O.CS(=O)(=O)Cc1ccc(I)c([N+](=O)[O-])c1.CS(=O)(=O)Cl.Cc1cccc(-n2c(N)nc3cc(N(C)S(C)(=O)=O)ccc32)c1.Cc1cccc(N)c1.Cc1cccc(Nc2ccc(N(C)S(C)(=O)=O)cc2N)c1.Cc1cccc(Nc2ccc(N(C)S(C)(=O)=O)cc2[N+](=O)[O-])c1.N#CBr.Nc1ccc(I)c([N+](=O)[O-])c1.O=CO[O-].[Cs+].[Cs+].[H-].[H-].[Na+]. The predicted octanol–water partition coefficient (Wildman–Crippen LogP) is 7.57. The molecular weight excluding hydrogens is 2680 g/mol. The van der Waals surface area contributed by atoms with Crippen molar-refractivity contribution in [3.63, 3.8) is 0 Å². The third kappa shape index (κ3) is 53.1. The summed E-state index contributed by atoms with van der Waals surface area (Å²) in [7, 11) is -9.64. The van der Waals surface area contributed by atoms with Gasteiger partial charge in [0.25, 0.3) is 29.2 Å². The monoisotopic (exact) mass is 2780 g/mol. The zero-order valence-electron chi connectivity index (χ0n) is 79.3. The van der Waals surface area contributed by atoms with Gasteiger partial charge in [-0.1, -0.05) is 91.0 Å². The summed E-state index contributed by atoms with van der Waals surface area (Å²) in [4.78, 5) is 60.0. The van der Waals surface area contributed by atoms with Gasteiger partial charge in [0, 0.05) is 114 Å². The standard InChI is InChI=1S/C16H18N4O2S.C15H17N3O4S.C15H19N3O2S.C8H9IN2O4S.C8H8INO4S.C7H9N.C6H5IN2O2.C2H6.CBrN.CH3ClO2S.CH3I.CH2O3.2Cs.Na.2H/c1-11-5-4-6-13(9-11)20-15-8-7-12(19(2)23(3,21)22)10-14(15)18-16(20)17;1-11-5-4-6-12(9-11)16-14-8-7-13(10-15(14)18(19)20)17(2)23(3,21)22;1-11-5-4-6-12(9-11)17-15-8-7-13(10-14(15)16)18(2)21(3,19)20;1-10(16(2,14)15)6-3-4-7(9)8(5-6)11(12)13;1-15(13,14)5-6-2-3-7(9)8(4-6)10(11)12;1-6-3-2-4-7(8)5-6;7-5-2-1-4(8)3-6(5)9(10)11;1-2;2-1-3;1-5(2,3)4;1-2;2-1-4-3;;;;;/h4-10H,1-3H3,(H2,17,18);4-10,16H,1-3H3;4-10,17H,16H2,1-3H3;3-5H,1-2H3;2-4H,5H2,1H3;2-5H,8H2,1H3;1-3H,8H2;1-2H3;;1H3;1H3;1,3H;;;;;/q;;;;;;;;;;;;3*+1;2*-1/p-1. The van der Waals surface area contributed by atoms with E-state index in [1.165, 1.54) is 90.9 Å². The number of anilines is 12. The number of carbonyl (C=O) groups excluding carboxylic acids is 1. The van der Waals surface area contributed by atoms with Crippen LogP contribution in [-0.4, -0.2) is 157 Å². The molecule has 0 fully saturated rings. The topological polar surface area (TPSA) is 609 Å². The van der Waals surface area contributed by atoms with Crippen molar-refractivity contribution in [2.24, 2.45) is 0 Å². The van der Waals surface area contributed by atoms with Crippen LogP contribution in [0, 0.1) is 89.1 Å². The summed E-state index contributed by atoms with van der Waals surface area (Å²) in [5.41, 5.74) is 36.0. The summed E-state index contributed by atoms with van der Waals surface area (Å²) in [6, 6.07) is 59.1. The number of nitrogens with zero attached hydrogens (tertiary/aromatic N) is 11. The van der Waals surface area contributed by atoms with Crippen molar-refractivity contribution in [2.45, 2.75) is 47.3 Å². The zero-order valence-corrected chi connectivity index (χ0v) is 108. The van der Waals surface area contributed by atoms with Gasteiger partial charge >= 0.3 is 167 Å². The van der Waals surface area contributed by atoms with Gasteiger partial charge in [0.1, 0.15) is 10.7 Å². The first-order valence-electron chi connectivity index (χ1n) is 37.0. The number of carbonyl (C=O) groups is 1. The number of nitrogens with two attached hydrogens (primary N) is 4. The van der Waals surface area contributed by atoms with Gasteiger partial charge in [-0.25, -0.2) is 55.5 Å². The van der Waals surface area contributed by atoms with E-state index in [2.05, 4.69) is 69.7 Å². The Bertz CT molecular complexity index is 6620. The number of aryl methyl sites for hydroxylation is 4. The third-order valence-corrected chi connectivity index (χ3v) is 24.6. The summed E-state index contributed by atoms with van der Waals surface area (Å²) >= 11 is 10.2. The molecule has 1 aromatic heterocycles. The van der Waals surface area contributed by atoms with E-state index >= 15 is 0 Å². The number of sulfone groups is 1. The number of alkyl halides is 1. The first-order chi connectivity index (χ1) is 61.5. The molecule has 728 valence electrons. The largest absolute Gasteiger partial charge is 1.00 e. The molecule has 0 saturated carbocycles. The average molecular weight is 2780 g/mol. The van der Waals surface area contributed by atoms with Gasteiger partial charge in [-0.2, -0.15) is 5.26 Å². The fourth-order valence-corrected chi connectivity index (χ4v) is 14.3. The molecule has 0 aliphatic heterocycles. The minimum absolute atomic E-state index is 0. The van der Waals surface area contributed by atoms with E-state index in [9.17, 15) is 91.0 Å². The maximum Gasteiger partial charge on any atom is 1.00 e. The van der Waals surface area contributed by atoms with Gasteiger partial charge < -0.3 is 46.6 Å². The Balaban J connectivity index is -0.000000362. The Hall–Kier alpha value is -5.32. The summed E-state index contributed by atoms with van der Waals surface area (Å²) in [6.07, 6.45) is 6.42. The molecule has 0 saturated heterocycles. The number of nitriles is 1. The van der Waals surface area contributed by atoms with Crippen molar-refractivity contribution < 1.29 is 255 Å². The van der Waals surface area contributed by atoms with Crippen LogP contribution < -0.4 is 223 Å². The molecular formula is C81H100BrClCs2I4N17NaO23S6. The van der Waals surface area contributed by atoms with E-state index in [1.54, 1.807) is 65.6 Å². The first-order valence-corrected chi connectivity index (χ1v) is 55.4. The molecule has 0 unspecified atom stereocenters. The summed E-state index contributed by atoms with van der Waals surface area (Å²) in [5, 5.41) is 64.8. The van der Waals surface area contributed by atoms with E-state index in [1.807, 2.05) is 216 Å². The van der Waals surface area contributed by atoms with Crippen LogP contribution in [0.15, 0.2) is 206 Å². The summed E-state index contributed by atoms with van der Waals surface area (Å²) < 4.78 is 141. The number of hydrogen-bond acceptors (Lipinski definition) is 31. The number of halogens is 6. The van der Waals surface area contributed by atoms with E-state index in [4.69, 9.17) is 38.2 Å². The normalized spacial score (nSPS) is 10.2. The van der Waals surface area contributed by atoms with Gasteiger partial charge in [-0.3, -0.25) is 67.0 Å². The second kappa shape index (κ2) is 66.5.